The van der Waals surface area contributed by atoms with E-state index in [1.165, 1.54) is 0 Å². The lowest BCUT2D eigenvalue weighted by Crippen LogP contribution is -2.60. The average molecular weight is 649 g/mol. The molecule has 1 amide bonds. The van der Waals surface area contributed by atoms with Crippen molar-refractivity contribution in [3.05, 3.63) is 65.2 Å². The van der Waals surface area contributed by atoms with E-state index in [1.807, 2.05) is 49.9 Å². The predicted molar refractivity (Wildman–Crippen MR) is 180 cm³/mol. The molecular formula is C36H48N4O5S. The number of aromatic nitrogens is 2. The fourth-order valence-electron chi connectivity index (χ4n) is 7.71. The van der Waals surface area contributed by atoms with E-state index in [2.05, 4.69) is 42.4 Å². The summed E-state index contributed by atoms with van der Waals surface area (Å²) in [4.78, 5) is 23.9. The summed E-state index contributed by atoms with van der Waals surface area (Å²) < 4.78 is 36.8. The lowest BCUT2D eigenvalue weighted by molar-refractivity contribution is -0.147. The maximum atomic E-state index is 13.8. The van der Waals surface area contributed by atoms with Gasteiger partial charge in [0.2, 0.25) is 17.7 Å². The molecule has 2 aromatic carbocycles. The first kappa shape index (κ1) is 33.9. The van der Waals surface area contributed by atoms with Crippen molar-refractivity contribution in [1.82, 2.24) is 14.9 Å². The number of nitrogens with one attached hydrogen (secondary N) is 1. The van der Waals surface area contributed by atoms with Crippen molar-refractivity contribution >= 4 is 21.9 Å². The Bertz CT molecular complexity index is 1670. The predicted octanol–water partition coefficient (Wildman–Crippen LogP) is 6.49. The van der Waals surface area contributed by atoms with E-state index in [-0.39, 0.29) is 45.5 Å². The number of amides is 1. The summed E-state index contributed by atoms with van der Waals surface area (Å²) in [6.45, 7) is 15.2. The number of carbonyl (C=O) groups excluding carboxylic acids is 1. The smallest absolute Gasteiger partial charge is 0.264 e. The highest BCUT2D eigenvalue weighted by atomic mass is 32.2. The SMILES string of the molecule is CCCN(C(=O)CO)C1(C)CC(C2c3cccc(c3)S(=O)(=O)Nc3nc(cc(-c4c(C)cccc4C)n3)OC[C@H]2CC(C)(C)C)C1. The van der Waals surface area contributed by atoms with Crippen LogP contribution in [-0.2, 0) is 14.8 Å². The molecule has 0 radical (unpaired) electrons. The van der Waals surface area contributed by atoms with Crippen LogP contribution < -0.4 is 9.46 Å². The molecule has 4 bridgehead atoms. The van der Waals surface area contributed by atoms with Crippen LogP contribution in [0.1, 0.15) is 82.9 Å². The van der Waals surface area contributed by atoms with Gasteiger partial charge in [0.05, 0.1) is 17.2 Å². The molecule has 2 aliphatic rings. The summed E-state index contributed by atoms with van der Waals surface area (Å²) >= 11 is 0. The molecule has 46 heavy (non-hydrogen) atoms. The zero-order chi connectivity index (χ0) is 33.4. The van der Waals surface area contributed by atoms with Crippen molar-refractivity contribution in [3.63, 3.8) is 0 Å². The normalized spacial score (nSPS) is 24.0. The number of anilines is 1. The van der Waals surface area contributed by atoms with Gasteiger partial charge in [-0.3, -0.25) is 4.79 Å². The van der Waals surface area contributed by atoms with Gasteiger partial charge in [0.25, 0.3) is 10.0 Å². The van der Waals surface area contributed by atoms with Crippen LogP contribution in [0.15, 0.2) is 53.4 Å². The average Bonchev–Trinajstić information content (AvgIpc) is 2.96. The Balaban J connectivity index is 1.61. The molecule has 5 rings (SSSR count). The van der Waals surface area contributed by atoms with Crippen molar-refractivity contribution in [2.45, 2.75) is 90.5 Å². The Kier molecular flexibility index (Phi) is 9.53. The fraction of sp³-hybridized carbons (Fsp3) is 0.528. The summed E-state index contributed by atoms with van der Waals surface area (Å²) in [6, 6.07) is 15.0. The molecule has 0 saturated heterocycles. The van der Waals surface area contributed by atoms with E-state index in [1.54, 1.807) is 24.3 Å². The van der Waals surface area contributed by atoms with Gasteiger partial charge in [0, 0.05) is 29.6 Å². The molecule has 1 fully saturated rings. The molecule has 1 unspecified atom stereocenters. The highest BCUT2D eigenvalue weighted by molar-refractivity contribution is 7.92. The van der Waals surface area contributed by atoms with Crippen LogP contribution in [0.2, 0.25) is 0 Å². The number of nitrogens with zero attached hydrogens (tertiary/aromatic N) is 3. The Morgan fingerprint density at radius 3 is 2.39 bits per heavy atom. The largest absolute Gasteiger partial charge is 0.477 e. The maximum Gasteiger partial charge on any atom is 0.264 e. The van der Waals surface area contributed by atoms with Crippen LogP contribution in [-0.4, -0.2) is 59.6 Å². The molecular weight excluding hydrogens is 600 g/mol. The van der Waals surface area contributed by atoms with E-state index in [0.29, 0.717) is 24.7 Å². The van der Waals surface area contributed by atoms with Crippen LogP contribution >= 0.6 is 0 Å². The van der Waals surface area contributed by atoms with E-state index >= 15 is 0 Å². The molecule has 248 valence electrons. The van der Waals surface area contributed by atoms with E-state index in [0.717, 1.165) is 47.9 Å². The van der Waals surface area contributed by atoms with Gasteiger partial charge in [-0.15, -0.1) is 0 Å². The molecule has 9 nitrogen and oxygen atoms in total. The zero-order valence-corrected chi connectivity index (χ0v) is 28.9. The van der Waals surface area contributed by atoms with Crippen LogP contribution in [0.4, 0.5) is 5.95 Å². The van der Waals surface area contributed by atoms with Gasteiger partial charge in [0.1, 0.15) is 6.61 Å². The van der Waals surface area contributed by atoms with Gasteiger partial charge in [-0.05, 0) is 92.5 Å². The molecule has 10 heteroatoms. The summed E-state index contributed by atoms with van der Waals surface area (Å²) in [6.07, 6.45) is 3.12. The van der Waals surface area contributed by atoms with Gasteiger partial charge in [-0.25, -0.2) is 18.1 Å². The first-order valence-corrected chi connectivity index (χ1v) is 17.7. The lowest BCUT2D eigenvalue weighted by atomic mass is 9.58. The Hall–Kier alpha value is -3.50. The van der Waals surface area contributed by atoms with Crippen molar-refractivity contribution in [2.24, 2.45) is 17.3 Å². The summed E-state index contributed by atoms with van der Waals surface area (Å²) in [5, 5.41) is 9.71. The van der Waals surface area contributed by atoms with Crippen LogP contribution in [0.5, 0.6) is 5.88 Å². The van der Waals surface area contributed by atoms with Crippen LogP contribution in [0, 0.1) is 31.1 Å². The molecule has 3 aromatic rings. The lowest BCUT2D eigenvalue weighted by Gasteiger charge is -2.56. The Labute approximate surface area is 273 Å². The number of sulfonamides is 1. The van der Waals surface area contributed by atoms with Crippen LogP contribution in [0.25, 0.3) is 11.3 Å². The number of benzene rings is 2. The van der Waals surface area contributed by atoms with Gasteiger partial charge >= 0.3 is 0 Å². The third-order valence-electron chi connectivity index (χ3n) is 9.49. The Morgan fingerprint density at radius 1 is 1.09 bits per heavy atom. The minimum absolute atomic E-state index is 0.0233. The van der Waals surface area contributed by atoms with Gasteiger partial charge < -0.3 is 14.7 Å². The standard InChI is InChI=1S/C36H48N4O5S/c1-8-15-40(31(42)21-41)36(7)19-26(20-36)33-25-13-10-14-28(16-25)46(43,44)39-34-37-29(32-23(2)11-9-12-24(32)3)17-30(38-34)45-22-27(33)18-35(4,5)6/h9-14,16-17,26-27,33,41H,8,15,18-22H2,1-7H3,(H,37,38,39)/t26?,27-,33?,36?/m1/s1. The first-order valence-electron chi connectivity index (χ1n) is 16.3. The highest BCUT2D eigenvalue weighted by Gasteiger charge is 2.51. The number of aliphatic hydroxyl groups is 1. The third-order valence-corrected chi connectivity index (χ3v) is 10.8. The molecule has 1 aliphatic heterocycles. The molecule has 2 heterocycles. The number of ether oxygens (including phenoxy) is 1. The highest BCUT2D eigenvalue weighted by Crippen LogP contribution is 2.53. The van der Waals surface area contributed by atoms with Crippen molar-refractivity contribution < 1.29 is 23.1 Å². The van der Waals surface area contributed by atoms with E-state index in [9.17, 15) is 18.3 Å². The minimum atomic E-state index is -4.03. The number of hydrogen-bond acceptors (Lipinski definition) is 7. The molecule has 1 aromatic heterocycles. The minimum Gasteiger partial charge on any atom is -0.477 e. The second-order valence-corrected chi connectivity index (χ2v) is 16.3. The first-order chi connectivity index (χ1) is 21.6. The van der Waals surface area contributed by atoms with Crippen molar-refractivity contribution in [1.29, 1.82) is 0 Å². The van der Waals surface area contributed by atoms with Gasteiger partial charge in [-0.2, -0.15) is 4.98 Å². The molecule has 1 saturated carbocycles. The monoisotopic (exact) mass is 648 g/mol. The zero-order valence-electron chi connectivity index (χ0n) is 28.1. The van der Waals surface area contributed by atoms with E-state index in [4.69, 9.17) is 4.74 Å². The van der Waals surface area contributed by atoms with Crippen molar-refractivity contribution in [2.75, 3.05) is 24.5 Å². The quantitative estimate of drug-likeness (QED) is 0.300. The third kappa shape index (κ3) is 7.08. The summed E-state index contributed by atoms with van der Waals surface area (Å²) in [5.41, 5.74) is 4.05. The molecule has 1 aliphatic carbocycles. The second kappa shape index (κ2) is 13.0. The van der Waals surface area contributed by atoms with Crippen molar-refractivity contribution in [3.8, 4) is 17.1 Å². The van der Waals surface area contributed by atoms with E-state index < -0.39 is 16.6 Å². The number of aliphatic hydroxyl groups excluding tert-OH is 1. The Morgan fingerprint density at radius 2 is 1.76 bits per heavy atom. The maximum absolute atomic E-state index is 13.8. The number of rotatable bonds is 7. The summed E-state index contributed by atoms with van der Waals surface area (Å²) in [5.74, 6) is 0.183. The molecule has 0 spiro atoms. The number of carbonyl (C=O) groups is 1. The number of hydrogen-bond donors (Lipinski definition) is 2. The fourth-order valence-corrected chi connectivity index (χ4v) is 8.70. The van der Waals surface area contributed by atoms with Gasteiger partial charge in [0.15, 0.2) is 0 Å². The molecule has 2 N–H and O–H groups in total. The second-order valence-electron chi connectivity index (χ2n) is 14.6. The van der Waals surface area contributed by atoms with Crippen LogP contribution in [0.3, 0.4) is 0 Å². The summed E-state index contributed by atoms with van der Waals surface area (Å²) in [7, 11) is -4.03. The topological polar surface area (TPSA) is 122 Å². The number of aryl methyl sites for hydroxylation is 2. The number of fused-ring (bicyclic) bond motifs is 4. The van der Waals surface area contributed by atoms with Gasteiger partial charge in [-0.1, -0.05) is 58.0 Å². The molecule has 2 atom stereocenters.